The molecule has 0 saturated heterocycles. The van der Waals surface area contributed by atoms with Gasteiger partial charge in [0.2, 0.25) is 0 Å². The fourth-order valence-electron chi connectivity index (χ4n) is 0.172. The van der Waals surface area contributed by atoms with Gasteiger partial charge in [-0.05, 0) is 20.8 Å². The lowest BCUT2D eigenvalue weighted by Crippen LogP contribution is -1.73. The predicted molar refractivity (Wildman–Crippen MR) is 46.5 cm³/mol. The number of allylic oxidation sites excluding steroid dienone is 1. The third kappa shape index (κ3) is 26.3. The van der Waals surface area contributed by atoms with Crippen LogP contribution in [0.2, 0.25) is 0 Å². The van der Waals surface area contributed by atoms with Crippen LogP contribution in [0.15, 0.2) is 17.3 Å². The van der Waals surface area contributed by atoms with Gasteiger partial charge in [-0.3, -0.25) is 4.99 Å². The Morgan fingerprint density at radius 3 is 2.00 bits per heavy atom. The highest BCUT2D eigenvalue weighted by Gasteiger charge is 1.51. The first-order valence-corrected chi connectivity index (χ1v) is 3.41. The number of nitrogens with zero attached hydrogens (tertiary/aromatic N) is 1. The van der Waals surface area contributed by atoms with Crippen molar-refractivity contribution in [1.29, 1.82) is 0 Å². The number of ether oxygens (including phenoxy) is 1. The van der Waals surface area contributed by atoms with Crippen molar-refractivity contribution < 1.29 is 4.74 Å². The van der Waals surface area contributed by atoms with Gasteiger partial charge in [-0.1, -0.05) is 6.08 Å². The van der Waals surface area contributed by atoms with Gasteiger partial charge in [0.15, 0.2) is 0 Å². The molecule has 2 nitrogen and oxygen atoms in total. The van der Waals surface area contributed by atoms with Crippen LogP contribution in [0, 0.1) is 0 Å². The van der Waals surface area contributed by atoms with E-state index in [1.807, 2.05) is 26.8 Å². The summed E-state index contributed by atoms with van der Waals surface area (Å²) in [7, 11) is 1.68. The summed E-state index contributed by atoms with van der Waals surface area (Å²) in [5.74, 6) is 0. The molecule has 0 atom stereocenters. The maximum Gasteiger partial charge on any atom is 0.0433 e. The van der Waals surface area contributed by atoms with Crippen molar-refractivity contribution in [2.24, 2.45) is 4.99 Å². The molecule has 0 heterocycles. The first-order valence-electron chi connectivity index (χ1n) is 3.41. The number of hydrogen-bond acceptors (Lipinski definition) is 2. The zero-order valence-corrected chi connectivity index (χ0v) is 7.29. The first-order chi connectivity index (χ1) is 4.83. The van der Waals surface area contributed by atoms with Crippen LogP contribution in [0.3, 0.4) is 0 Å². The molecule has 0 rings (SSSR count). The minimum atomic E-state index is 0.819. The Morgan fingerprint density at radius 1 is 1.40 bits per heavy atom. The van der Waals surface area contributed by atoms with Crippen molar-refractivity contribution in [2.75, 3.05) is 13.7 Å². The van der Waals surface area contributed by atoms with Gasteiger partial charge in [-0.15, -0.1) is 0 Å². The second kappa shape index (κ2) is 15.8. The Bertz CT molecular complexity index is 75.3. The largest absolute Gasteiger partial charge is 0.385 e. The molecule has 0 N–H and O–H groups in total. The Labute approximate surface area is 63.6 Å². The highest BCUT2D eigenvalue weighted by molar-refractivity contribution is 5.54. The molecule has 0 saturated carbocycles. The van der Waals surface area contributed by atoms with E-state index < -0.39 is 0 Å². The fraction of sp³-hybridized carbons (Fsp3) is 0.625. The third-order valence-electron chi connectivity index (χ3n) is 0.673. The standard InChI is InChI=1S/C5H9N.C3H8O/c1-3-5-6-4-2;1-3-4-2/h3-5H,1-2H3;3H2,1-2H3/b5-3-,6-4?;. The Hall–Kier alpha value is -0.630. The third-order valence-corrected chi connectivity index (χ3v) is 0.673. The monoisotopic (exact) mass is 143 g/mol. The molecule has 60 valence electrons. The van der Waals surface area contributed by atoms with E-state index in [4.69, 9.17) is 0 Å². The Balaban J connectivity index is 0. The van der Waals surface area contributed by atoms with Gasteiger partial charge in [0.25, 0.3) is 0 Å². The molecule has 0 aliphatic heterocycles. The number of methoxy groups -OCH3 is 1. The van der Waals surface area contributed by atoms with E-state index in [2.05, 4.69) is 9.73 Å². The van der Waals surface area contributed by atoms with Gasteiger partial charge in [0.05, 0.1) is 0 Å². The average molecular weight is 143 g/mol. The molecular weight excluding hydrogens is 126 g/mol. The quantitative estimate of drug-likeness (QED) is 0.543. The summed E-state index contributed by atoms with van der Waals surface area (Å²) in [6.45, 7) is 6.60. The van der Waals surface area contributed by atoms with Crippen molar-refractivity contribution in [2.45, 2.75) is 20.8 Å². The van der Waals surface area contributed by atoms with Crippen molar-refractivity contribution in [1.82, 2.24) is 0 Å². The van der Waals surface area contributed by atoms with E-state index in [9.17, 15) is 0 Å². The zero-order chi connectivity index (χ0) is 8.24. The van der Waals surface area contributed by atoms with Gasteiger partial charge in [-0.2, -0.15) is 0 Å². The van der Waals surface area contributed by atoms with Crippen LogP contribution >= 0.6 is 0 Å². The number of rotatable bonds is 2. The fourth-order valence-corrected chi connectivity index (χ4v) is 0.172. The van der Waals surface area contributed by atoms with Crippen LogP contribution in [0.1, 0.15) is 20.8 Å². The summed E-state index contributed by atoms with van der Waals surface area (Å²) < 4.78 is 4.54. The van der Waals surface area contributed by atoms with Crippen molar-refractivity contribution in [3.8, 4) is 0 Å². The van der Waals surface area contributed by atoms with Gasteiger partial charge in [-0.25, -0.2) is 0 Å². The molecule has 0 aromatic carbocycles. The summed E-state index contributed by atoms with van der Waals surface area (Å²) in [6, 6.07) is 0. The van der Waals surface area contributed by atoms with Crippen LogP contribution in [0.25, 0.3) is 0 Å². The normalized spacial score (nSPS) is 10.0. The van der Waals surface area contributed by atoms with Gasteiger partial charge < -0.3 is 4.74 Å². The maximum absolute atomic E-state index is 4.54. The summed E-state index contributed by atoms with van der Waals surface area (Å²) in [4.78, 5) is 3.78. The molecule has 0 aliphatic rings. The number of aliphatic imine (C=N–C) groups is 1. The van der Waals surface area contributed by atoms with Gasteiger partial charge >= 0.3 is 0 Å². The molecule has 0 amide bonds. The molecular formula is C8H17NO. The van der Waals surface area contributed by atoms with E-state index in [0.29, 0.717) is 0 Å². The van der Waals surface area contributed by atoms with Crippen LogP contribution in [0.4, 0.5) is 0 Å². The lowest BCUT2D eigenvalue weighted by molar-refractivity contribution is 0.215. The molecule has 0 aromatic heterocycles. The summed E-state index contributed by atoms with van der Waals surface area (Å²) in [5, 5.41) is 0. The minimum absolute atomic E-state index is 0.819. The van der Waals surface area contributed by atoms with Crippen LogP contribution in [-0.4, -0.2) is 19.9 Å². The summed E-state index contributed by atoms with van der Waals surface area (Å²) >= 11 is 0. The highest BCUT2D eigenvalue weighted by Crippen LogP contribution is 1.67. The van der Waals surface area contributed by atoms with Crippen LogP contribution in [-0.2, 0) is 4.74 Å². The molecule has 0 aliphatic carbocycles. The highest BCUT2D eigenvalue weighted by atomic mass is 16.5. The second-order valence-corrected chi connectivity index (χ2v) is 1.47. The molecule has 0 spiro atoms. The number of hydrogen-bond donors (Lipinski definition) is 0. The van der Waals surface area contributed by atoms with Crippen molar-refractivity contribution in [3.05, 3.63) is 12.3 Å². The van der Waals surface area contributed by atoms with Gasteiger partial charge in [0.1, 0.15) is 0 Å². The van der Waals surface area contributed by atoms with E-state index in [-0.39, 0.29) is 0 Å². The molecule has 2 heteroatoms. The summed E-state index contributed by atoms with van der Waals surface area (Å²) in [6.07, 6.45) is 5.39. The van der Waals surface area contributed by atoms with Crippen molar-refractivity contribution >= 4 is 6.21 Å². The predicted octanol–water partition coefficient (Wildman–Crippen LogP) is 2.26. The van der Waals surface area contributed by atoms with E-state index in [1.165, 1.54) is 0 Å². The lowest BCUT2D eigenvalue weighted by Gasteiger charge is -1.76. The van der Waals surface area contributed by atoms with E-state index >= 15 is 0 Å². The SMILES string of the molecule is CC=N/C=C\C.CCOC. The van der Waals surface area contributed by atoms with Gasteiger partial charge in [0, 0.05) is 26.1 Å². The first kappa shape index (κ1) is 12.1. The van der Waals surface area contributed by atoms with E-state index in [1.54, 1.807) is 19.5 Å². The van der Waals surface area contributed by atoms with Crippen LogP contribution < -0.4 is 0 Å². The van der Waals surface area contributed by atoms with Crippen molar-refractivity contribution in [3.63, 3.8) is 0 Å². The second-order valence-electron chi connectivity index (χ2n) is 1.47. The molecule has 10 heavy (non-hydrogen) atoms. The lowest BCUT2D eigenvalue weighted by atomic mass is 10.7. The molecule has 0 radical (unpaired) electrons. The van der Waals surface area contributed by atoms with Crippen LogP contribution in [0.5, 0.6) is 0 Å². The Morgan fingerprint density at radius 2 is 1.90 bits per heavy atom. The molecule has 0 bridgehead atoms. The summed E-state index contributed by atoms with van der Waals surface area (Å²) in [5.41, 5.74) is 0. The Kier molecular flexibility index (Phi) is 19.1. The molecule has 0 unspecified atom stereocenters. The zero-order valence-electron chi connectivity index (χ0n) is 7.29. The molecule has 0 aromatic rings. The van der Waals surface area contributed by atoms with E-state index in [0.717, 1.165) is 6.61 Å². The minimum Gasteiger partial charge on any atom is -0.385 e. The maximum atomic E-state index is 4.54. The smallest absolute Gasteiger partial charge is 0.0433 e. The average Bonchev–Trinajstić information content (AvgIpc) is 2.01. The molecule has 0 fully saturated rings. The topological polar surface area (TPSA) is 21.6 Å².